The molecule has 0 aliphatic heterocycles. The van der Waals surface area contributed by atoms with Crippen molar-refractivity contribution in [3.63, 3.8) is 0 Å². The van der Waals surface area contributed by atoms with E-state index in [0.29, 0.717) is 11.3 Å². The largest absolute Gasteiger partial charge is 0.572 e. The van der Waals surface area contributed by atoms with Crippen molar-refractivity contribution in [3.05, 3.63) is 35.6 Å². The summed E-state index contributed by atoms with van der Waals surface area (Å²) in [4.78, 5) is 4.56. The third-order valence-electron chi connectivity index (χ3n) is 1.94. The summed E-state index contributed by atoms with van der Waals surface area (Å²) < 4.78 is 40.2. The average molecular weight is 247 g/mol. The summed E-state index contributed by atoms with van der Waals surface area (Å²) in [5.41, 5.74) is 0.988. The topological polar surface area (TPSA) is 30.8 Å². The normalized spacial score (nSPS) is 17.1. The molecule has 0 unspecified atom stereocenters. The fourth-order valence-corrected chi connectivity index (χ4v) is 1.27. The zero-order valence-electron chi connectivity index (χ0n) is 9.41. The smallest absolute Gasteiger partial charge is 0.410 e. The number of allylic oxidation sites excluding steroid dienone is 5. The number of hydrogen-bond donors (Lipinski definition) is 0. The van der Waals surface area contributed by atoms with Crippen molar-refractivity contribution in [2.75, 3.05) is 7.11 Å². The Balaban J connectivity index is 2.91. The molecule has 0 bridgehead atoms. The van der Waals surface area contributed by atoms with Crippen molar-refractivity contribution in [3.8, 4) is 0 Å². The summed E-state index contributed by atoms with van der Waals surface area (Å²) in [7, 11) is 1.37. The molecule has 0 saturated heterocycles. The summed E-state index contributed by atoms with van der Waals surface area (Å²) in [5.74, 6) is -0.178. The molecule has 0 amide bonds. The van der Waals surface area contributed by atoms with Crippen molar-refractivity contribution in [2.24, 2.45) is 5.16 Å². The average Bonchev–Trinajstić information content (AvgIpc) is 2.41. The van der Waals surface area contributed by atoms with E-state index < -0.39 is 6.36 Å². The molecule has 0 atom stereocenters. The monoisotopic (exact) mass is 247 g/mol. The van der Waals surface area contributed by atoms with Crippen LogP contribution in [-0.4, -0.2) is 19.2 Å². The van der Waals surface area contributed by atoms with Crippen molar-refractivity contribution >= 4 is 5.71 Å². The molecule has 1 aliphatic carbocycles. The molecule has 0 saturated carbocycles. The molecule has 6 heteroatoms. The molecule has 0 radical (unpaired) electrons. The summed E-state index contributed by atoms with van der Waals surface area (Å²) in [6.45, 7) is 1.64. The number of oxime groups is 1. The van der Waals surface area contributed by atoms with E-state index in [9.17, 15) is 13.2 Å². The van der Waals surface area contributed by atoms with Crippen LogP contribution in [0.15, 0.2) is 40.8 Å². The maximum Gasteiger partial charge on any atom is 0.572 e. The molecule has 0 aromatic heterocycles. The van der Waals surface area contributed by atoms with E-state index in [1.54, 1.807) is 25.2 Å². The molecule has 0 heterocycles. The quantitative estimate of drug-likeness (QED) is 0.565. The van der Waals surface area contributed by atoms with Gasteiger partial charge >= 0.3 is 6.36 Å². The van der Waals surface area contributed by atoms with Gasteiger partial charge in [-0.2, -0.15) is 0 Å². The number of ether oxygens (including phenoxy) is 1. The van der Waals surface area contributed by atoms with Crippen molar-refractivity contribution in [1.82, 2.24) is 0 Å². The molecular weight excluding hydrogens is 235 g/mol. The van der Waals surface area contributed by atoms with Gasteiger partial charge in [-0.05, 0) is 13.0 Å². The van der Waals surface area contributed by atoms with Crippen LogP contribution in [0.5, 0.6) is 0 Å². The van der Waals surface area contributed by atoms with Crippen molar-refractivity contribution < 1.29 is 22.7 Å². The van der Waals surface area contributed by atoms with Gasteiger partial charge in [0.1, 0.15) is 12.9 Å². The number of alkyl halides is 3. The van der Waals surface area contributed by atoms with E-state index in [0.717, 1.165) is 0 Å². The predicted octanol–water partition coefficient (Wildman–Crippen LogP) is 3.32. The highest BCUT2D eigenvalue weighted by Gasteiger charge is 2.32. The van der Waals surface area contributed by atoms with E-state index in [4.69, 9.17) is 0 Å². The highest BCUT2D eigenvalue weighted by Crippen LogP contribution is 2.25. The lowest BCUT2D eigenvalue weighted by Gasteiger charge is -2.11. The molecule has 0 aromatic carbocycles. The Morgan fingerprint density at radius 3 is 2.71 bits per heavy atom. The van der Waals surface area contributed by atoms with Crippen LogP contribution in [0.2, 0.25) is 0 Å². The molecule has 0 aromatic rings. The lowest BCUT2D eigenvalue weighted by Crippen LogP contribution is -2.13. The maximum atomic E-state index is 12.1. The van der Waals surface area contributed by atoms with Gasteiger partial charge in [-0.25, -0.2) is 0 Å². The molecule has 1 rings (SSSR count). The first-order chi connectivity index (χ1) is 7.92. The first-order valence-electron chi connectivity index (χ1n) is 4.83. The SMILES string of the molecule is CON=C(C)C1=CC=CCC(OC(F)(F)F)=C1. The summed E-state index contributed by atoms with van der Waals surface area (Å²) in [5, 5.41) is 3.65. The Bertz CT molecular complexity index is 392. The molecule has 0 spiro atoms. The minimum atomic E-state index is -4.68. The second-order valence-electron chi connectivity index (χ2n) is 3.27. The van der Waals surface area contributed by atoms with Crippen LogP contribution in [0.1, 0.15) is 13.3 Å². The van der Waals surface area contributed by atoms with E-state index in [2.05, 4.69) is 14.7 Å². The third-order valence-corrected chi connectivity index (χ3v) is 1.94. The standard InChI is InChI=1S/C11H12F3NO2/c1-8(15-16-2)9-5-3-4-6-10(7-9)17-11(12,13)14/h3-5,7H,6H2,1-2H3. The highest BCUT2D eigenvalue weighted by atomic mass is 19.4. The number of halogens is 3. The number of hydrogen-bond acceptors (Lipinski definition) is 3. The summed E-state index contributed by atoms with van der Waals surface area (Å²) >= 11 is 0. The Labute approximate surface area is 96.9 Å². The Hall–Kier alpha value is -1.72. The van der Waals surface area contributed by atoms with Gasteiger partial charge in [-0.1, -0.05) is 23.4 Å². The summed E-state index contributed by atoms with van der Waals surface area (Å²) in [6.07, 6.45) is 1.56. The Morgan fingerprint density at radius 2 is 2.12 bits per heavy atom. The van der Waals surface area contributed by atoms with Gasteiger partial charge in [0.15, 0.2) is 0 Å². The van der Waals surface area contributed by atoms with E-state index in [1.165, 1.54) is 13.2 Å². The number of rotatable bonds is 3. The van der Waals surface area contributed by atoms with Crippen LogP contribution in [-0.2, 0) is 9.57 Å². The van der Waals surface area contributed by atoms with Crippen molar-refractivity contribution in [1.29, 1.82) is 0 Å². The fraction of sp³-hybridized carbons (Fsp3) is 0.364. The fourth-order valence-electron chi connectivity index (χ4n) is 1.27. The van der Waals surface area contributed by atoms with Crippen LogP contribution < -0.4 is 0 Å². The van der Waals surface area contributed by atoms with Crippen LogP contribution >= 0.6 is 0 Å². The van der Waals surface area contributed by atoms with Crippen LogP contribution in [0.25, 0.3) is 0 Å². The lowest BCUT2D eigenvalue weighted by atomic mass is 10.1. The molecule has 1 aliphatic rings. The third kappa shape index (κ3) is 4.76. The minimum Gasteiger partial charge on any atom is -0.410 e. The first-order valence-corrected chi connectivity index (χ1v) is 4.83. The highest BCUT2D eigenvalue weighted by molar-refractivity contribution is 6.00. The molecule has 17 heavy (non-hydrogen) atoms. The molecule has 94 valence electrons. The minimum absolute atomic E-state index is 0.0831. The first kappa shape index (κ1) is 13.3. The second kappa shape index (κ2) is 5.56. The zero-order chi connectivity index (χ0) is 12.9. The van der Waals surface area contributed by atoms with Gasteiger partial charge in [-0.15, -0.1) is 13.2 Å². The molecule has 0 N–H and O–H groups in total. The van der Waals surface area contributed by atoms with Crippen LogP contribution in [0.4, 0.5) is 13.2 Å². The summed E-state index contributed by atoms with van der Waals surface area (Å²) in [6, 6.07) is 0. The second-order valence-corrected chi connectivity index (χ2v) is 3.27. The van der Waals surface area contributed by atoms with Crippen molar-refractivity contribution in [2.45, 2.75) is 19.7 Å². The Kier molecular flexibility index (Phi) is 4.37. The molecule has 0 fully saturated rings. The van der Waals surface area contributed by atoms with Gasteiger partial charge in [0.25, 0.3) is 0 Å². The van der Waals surface area contributed by atoms with E-state index in [1.807, 2.05) is 0 Å². The lowest BCUT2D eigenvalue weighted by molar-refractivity contribution is -0.305. The van der Waals surface area contributed by atoms with E-state index >= 15 is 0 Å². The van der Waals surface area contributed by atoms with Gasteiger partial charge in [0.05, 0.1) is 5.71 Å². The zero-order valence-corrected chi connectivity index (χ0v) is 9.41. The van der Waals surface area contributed by atoms with Crippen LogP contribution in [0, 0.1) is 0 Å². The predicted molar refractivity (Wildman–Crippen MR) is 57.2 cm³/mol. The molecular formula is C11H12F3NO2. The molecule has 3 nitrogen and oxygen atoms in total. The maximum absolute atomic E-state index is 12.1. The van der Waals surface area contributed by atoms with Gasteiger partial charge < -0.3 is 9.57 Å². The van der Waals surface area contributed by atoms with Crippen LogP contribution in [0.3, 0.4) is 0 Å². The van der Waals surface area contributed by atoms with Gasteiger partial charge in [0, 0.05) is 12.0 Å². The van der Waals surface area contributed by atoms with E-state index in [-0.39, 0.29) is 12.2 Å². The number of nitrogens with zero attached hydrogens (tertiary/aromatic N) is 1. The van der Waals surface area contributed by atoms with Gasteiger partial charge in [0.2, 0.25) is 0 Å². The Morgan fingerprint density at radius 1 is 1.41 bits per heavy atom. The van der Waals surface area contributed by atoms with Gasteiger partial charge in [-0.3, -0.25) is 0 Å².